The van der Waals surface area contributed by atoms with E-state index in [1.54, 1.807) is 30.5 Å². The minimum absolute atomic E-state index is 0.0593. The Morgan fingerprint density at radius 2 is 1.93 bits per heavy atom. The summed E-state index contributed by atoms with van der Waals surface area (Å²) >= 11 is 5.91. The van der Waals surface area contributed by atoms with Crippen molar-refractivity contribution in [2.45, 2.75) is 39.2 Å². The van der Waals surface area contributed by atoms with Gasteiger partial charge in [-0.15, -0.1) is 0 Å². The Morgan fingerprint density at radius 3 is 2.55 bits per heavy atom. The Balaban J connectivity index is 1.60. The number of nitrogens with two attached hydrogens (primary N) is 1. The fraction of sp³-hybridized carbons (Fsp3) is 0.476. The Bertz CT molecular complexity index is 842. The summed E-state index contributed by atoms with van der Waals surface area (Å²) < 4.78 is 7.82. The highest BCUT2D eigenvalue weighted by Crippen LogP contribution is 2.36. The number of aryl methyl sites for hydroxylation is 1. The number of carbonyl (C=O) groups is 2. The van der Waals surface area contributed by atoms with Crippen molar-refractivity contribution in [3.05, 3.63) is 47.5 Å². The molecule has 2 amide bonds. The number of carbonyl (C=O) groups excluding carboxylic acids is 2. The summed E-state index contributed by atoms with van der Waals surface area (Å²) in [6.07, 6.45) is 5.90. The van der Waals surface area contributed by atoms with Crippen LogP contribution in [-0.2, 0) is 22.6 Å². The topological polar surface area (TPSA) is 90.4 Å². The monoisotopic (exact) mass is 418 g/mol. The number of aromatic nitrogens is 2. The van der Waals surface area contributed by atoms with Crippen molar-refractivity contribution in [3.8, 4) is 5.75 Å². The molecule has 3 rings (SSSR count). The predicted molar refractivity (Wildman–Crippen MR) is 111 cm³/mol. The lowest BCUT2D eigenvalue weighted by Gasteiger charge is -2.41. The number of amides is 2. The van der Waals surface area contributed by atoms with Crippen molar-refractivity contribution in [2.75, 3.05) is 19.7 Å². The van der Waals surface area contributed by atoms with E-state index in [1.165, 1.54) is 0 Å². The molecule has 1 aromatic carbocycles. The standard InChI is InChI=1S/C21H27ClN4O3/c1-2-19-24-9-12-26(19)14-20(28)25-10-7-21(8-11-25,13-18(23)27)15-29-17-5-3-16(22)4-6-17/h3-6,9,12H,2,7-8,10-11,13-15H2,1H3,(H2,23,27). The van der Waals surface area contributed by atoms with Crippen molar-refractivity contribution in [3.63, 3.8) is 0 Å². The summed E-state index contributed by atoms with van der Waals surface area (Å²) in [6, 6.07) is 7.13. The van der Waals surface area contributed by atoms with E-state index in [2.05, 4.69) is 4.98 Å². The Morgan fingerprint density at radius 1 is 1.24 bits per heavy atom. The number of rotatable bonds is 8. The molecule has 0 bridgehead atoms. The first-order valence-electron chi connectivity index (χ1n) is 9.85. The number of nitrogens with zero attached hydrogens (tertiary/aromatic N) is 3. The third-order valence-corrected chi connectivity index (χ3v) is 5.76. The second-order valence-corrected chi connectivity index (χ2v) is 8.03. The molecule has 0 unspecified atom stereocenters. The van der Waals surface area contributed by atoms with Gasteiger partial charge in [-0.2, -0.15) is 0 Å². The van der Waals surface area contributed by atoms with Gasteiger partial charge in [0.25, 0.3) is 0 Å². The smallest absolute Gasteiger partial charge is 0.242 e. The lowest BCUT2D eigenvalue weighted by atomic mass is 9.76. The van der Waals surface area contributed by atoms with Gasteiger partial charge in [0.2, 0.25) is 11.8 Å². The molecule has 1 aliphatic heterocycles. The van der Waals surface area contributed by atoms with E-state index < -0.39 is 0 Å². The van der Waals surface area contributed by atoms with Gasteiger partial charge in [-0.3, -0.25) is 9.59 Å². The van der Waals surface area contributed by atoms with E-state index >= 15 is 0 Å². The van der Waals surface area contributed by atoms with Crippen LogP contribution >= 0.6 is 11.6 Å². The van der Waals surface area contributed by atoms with Crippen molar-refractivity contribution in [1.29, 1.82) is 0 Å². The zero-order valence-electron chi connectivity index (χ0n) is 16.6. The number of hydrogen-bond donors (Lipinski definition) is 1. The number of piperidine rings is 1. The summed E-state index contributed by atoms with van der Waals surface area (Å²) in [6.45, 7) is 3.83. The van der Waals surface area contributed by atoms with E-state index in [0.29, 0.717) is 43.3 Å². The molecular formula is C21H27ClN4O3. The van der Waals surface area contributed by atoms with Crippen molar-refractivity contribution in [2.24, 2.45) is 11.1 Å². The highest BCUT2D eigenvalue weighted by molar-refractivity contribution is 6.30. The highest BCUT2D eigenvalue weighted by Gasteiger charge is 2.38. The molecule has 156 valence electrons. The molecule has 0 aliphatic carbocycles. The molecule has 1 fully saturated rings. The summed E-state index contributed by atoms with van der Waals surface area (Å²) in [5.41, 5.74) is 5.14. The number of hydrogen-bond acceptors (Lipinski definition) is 4. The first kappa shape index (κ1) is 21.2. The Labute approximate surface area is 175 Å². The fourth-order valence-electron chi connectivity index (χ4n) is 3.78. The van der Waals surface area contributed by atoms with E-state index in [-0.39, 0.29) is 30.2 Å². The minimum atomic E-state index is -0.369. The van der Waals surface area contributed by atoms with Gasteiger partial charge in [0.05, 0.1) is 6.61 Å². The molecule has 1 aromatic heterocycles. The summed E-state index contributed by atoms with van der Waals surface area (Å²) in [5, 5.41) is 0.639. The molecule has 8 heteroatoms. The van der Waals surface area contributed by atoms with Crippen LogP contribution in [0.1, 0.15) is 32.0 Å². The van der Waals surface area contributed by atoms with Crippen LogP contribution in [0.5, 0.6) is 5.75 Å². The molecule has 2 heterocycles. The van der Waals surface area contributed by atoms with Gasteiger partial charge >= 0.3 is 0 Å². The van der Waals surface area contributed by atoms with Gasteiger partial charge < -0.3 is 19.9 Å². The minimum Gasteiger partial charge on any atom is -0.493 e. The van der Waals surface area contributed by atoms with Crippen LogP contribution in [0, 0.1) is 5.41 Å². The SMILES string of the molecule is CCc1nccn1CC(=O)N1CCC(COc2ccc(Cl)cc2)(CC(N)=O)CC1. The Kier molecular flexibility index (Phi) is 6.79. The molecule has 0 spiro atoms. The fourth-order valence-corrected chi connectivity index (χ4v) is 3.91. The first-order chi connectivity index (χ1) is 13.9. The molecule has 2 aromatic rings. The number of halogens is 1. The molecule has 1 saturated heterocycles. The number of imidazole rings is 1. The van der Waals surface area contributed by atoms with Crippen molar-refractivity contribution in [1.82, 2.24) is 14.5 Å². The summed E-state index contributed by atoms with van der Waals surface area (Å²) in [5.74, 6) is 1.30. The van der Waals surface area contributed by atoms with E-state index in [4.69, 9.17) is 22.1 Å². The van der Waals surface area contributed by atoms with Gasteiger partial charge in [0.15, 0.2) is 0 Å². The molecule has 1 aliphatic rings. The van der Waals surface area contributed by atoms with E-state index in [1.807, 2.05) is 22.6 Å². The second kappa shape index (κ2) is 9.31. The molecule has 0 atom stereocenters. The van der Waals surface area contributed by atoms with Crippen LogP contribution < -0.4 is 10.5 Å². The van der Waals surface area contributed by atoms with Crippen LogP contribution in [-0.4, -0.2) is 46.0 Å². The van der Waals surface area contributed by atoms with E-state index in [0.717, 1.165) is 12.2 Å². The normalized spacial score (nSPS) is 15.9. The van der Waals surface area contributed by atoms with Crippen LogP contribution in [0.15, 0.2) is 36.7 Å². The summed E-state index contributed by atoms with van der Waals surface area (Å²) in [7, 11) is 0. The lowest BCUT2D eigenvalue weighted by molar-refractivity contribution is -0.135. The maximum absolute atomic E-state index is 12.7. The van der Waals surface area contributed by atoms with Gasteiger partial charge in [-0.05, 0) is 37.1 Å². The zero-order valence-corrected chi connectivity index (χ0v) is 17.4. The van der Waals surface area contributed by atoms with Gasteiger partial charge in [-0.1, -0.05) is 18.5 Å². The summed E-state index contributed by atoms with van der Waals surface area (Å²) in [4.78, 5) is 30.5. The number of ether oxygens (including phenoxy) is 1. The Hall–Kier alpha value is -2.54. The van der Waals surface area contributed by atoms with Gasteiger partial charge in [0.1, 0.15) is 18.1 Å². The predicted octanol–water partition coefficient (Wildman–Crippen LogP) is 2.66. The molecule has 0 radical (unpaired) electrons. The molecule has 2 N–H and O–H groups in total. The third kappa shape index (κ3) is 5.50. The maximum atomic E-state index is 12.7. The average Bonchev–Trinajstić information content (AvgIpc) is 3.14. The molecular weight excluding hydrogens is 392 g/mol. The van der Waals surface area contributed by atoms with Crippen molar-refractivity contribution >= 4 is 23.4 Å². The van der Waals surface area contributed by atoms with Crippen LogP contribution in [0.25, 0.3) is 0 Å². The number of likely N-dealkylation sites (tertiary alicyclic amines) is 1. The third-order valence-electron chi connectivity index (χ3n) is 5.51. The van der Waals surface area contributed by atoms with E-state index in [9.17, 15) is 9.59 Å². The van der Waals surface area contributed by atoms with Crippen LogP contribution in [0.4, 0.5) is 0 Å². The molecule has 7 nitrogen and oxygen atoms in total. The largest absolute Gasteiger partial charge is 0.493 e. The second-order valence-electron chi connectivity index (χ2n) is 7.59. The zero-order chi connectivity index (χ0) is 20.9. The lowest BCUT2D eigenvalue weighted by Crippen LogP contribution is -2.47. The highest BCUT2D eigenvalue weighted by atomic mass is 35.5. The quantitative estimate of drug-likeness (QED) is 0.713. The van der Waals surface area contributed by atoms with Crippen LogP contribution in [0.2, 0.25) is 5.02 Å². The number of benzene rings is 1. The molecule has 0 saturated carbocycles. The van der Waals surface area contributed by atoms with Gasteiger partial charge in [-0.25, -0.2) is 4.98 Å². The average molecular weight is 419 g/mol. The molecule has 29 heavy (non-hydrogen) atoms. The first-order valence-corrected chi connectivity index (χ1v) is 10.2. The van der Waals surface area contributed by atoms with Crippen LogP contribution in [0.3, 0.4) is 0 Å². The van der Waals surface area contributed by atoms with Crippen molar-refractivity contribution < 1.29 is 14.3 Å². The van der Waals surface area contributed by atoms with Gasteiger partial charge in [0, 0.05) is 48.8 Å². The number of primary amides is 1. The maximum Gasteiger partial charge on any atom is 0.242 e.